The molecule has 0 bridgehead atoms. The van der Waals surface area contributed by atoms with Gasteiger partial charge in [0.05, 0.1) is 6.61 Å². The van der Waals surface area contributed by atoms with E-state index in [-0.39, 0.29) is 0 Å². The topological polar surface area (TPSA) is 26.3 Å². The molecule has 0 heterocycles. The molecule has 0 aliphatic heterocycles. The lowest BCUT2D eigenvalue weighted by Crippen LogP contribution is -1.97. The SMILES string of the molecule is CCO[PH](=O)c1ccc(I)cc1. The maximum Gasteiger partial charge on any atom is 0.220 e. The first kappa shape index (κ1) is 10.2. The summed E-state index contributed by atoms with van der Waals surface area (Å²) in [5.41, 5.74) is 0. The van der Waals surface area contributed by atoms with Gasteiger partial charge in [0.2, 0.25) is 8.03 Å². The minimum absolute atomic E-state index is 0.504. The highest BCUT2D eigenvalue weighted by atomic mass is 127. The van der Waals surface area contributed by atoms with Crippen LogP contribution >= 0.6 is 30.6 Å². The molecule has 4 heteroatoms. The van der Waals surface area contributed by atoms with E-state index in [0.717, 1.165) is 8.87 Å². The van der Waals surface area contributed by atoms with E-state index < -0.39 is 8.03 Å². The van der Waals surface area contributed by atoms with Gasteiger partial charge >= 0.3 is 0 Å². The van der Waals surface area contributed by atoms with Crippen LogP contribution in [-0.4, -0.2) is 6.61 Å². The van der Waals surface area contributed by atoms with Crippen LogP contribution in [0.2, 0.25) is 0 Å². The van der Waals surface area contributed by atoms with Crippen molar-refractivity contribution in [3.63, 3.8) is 0 Å². The number of hydrogen-bond acceptors (Lipinski definition) is 2. The number of halogens is 1. The summed E-state index contributed by atoms with van der Waals surface area (Å²) in [6, 6.07) is 7.55. The second kappa shape index (κ2) is 5.00. The first-order chi connectivity index (χ1) is 5.74. The number of benzene rings is 1. The molecule has 0 aliphatic rings. The number of rotatable bonds is 3. The van der Waals surface area contributed by atoms with Gasteiger partial charge in [-0.15, -0.1) is 0 Å². The maximum absolute atomic E-state index is 11.3. The standard InChI is InChI=1S/C8H10IO2P/c1-2-11-12(10)8-5-3-7(9)4-6-8/h3-6,12H,2H2,1H3. The zero-order valence-corrected chi connectivity index (χ0v) is 9.87. The van der Waals surface area contributed by atoms with Crippen molar-refractivity contribution in [3.05, 3.63) is 27.8 Å². The molecule has 0 spiro atoms. The van der Waals surface area contributed by atoms with E-state index in [1.807, 2.05) is 31.2 Å². The third-order valence-electron chi connectivity index (χ3n) is 1.36. The van der Waals surface area contributed by atoms with E-state index in [1.54, 1.807) is 0 Å². The quantitative estimate of drug-likeness (QED) is 0.632. The van der Waals surface area contributed by atoms with E-state index in [1.165, 1.54) is 0 Å². The van der Waals surface area contributed by atoms with Crippen LogP contribution in [0.1, 0.15) is 6.92 Å². The Hall–Kier alpha value is 0.140. The Balaban J connectivity index is 2.75. The molecular weight excluding hydrogens is 286 g/mol. The summed E-state index contributed by atoms with van der Waals surface area (Å²) < 4.78 is 17.5. The predicted octanol–water partition coefficient (Wildman–Crippen LogP) is 2.43. The zero-order valence-electron chi connectivity index (χ0n) is 6.71. The fourth-order valence-electron chi connectivity index (χ4n) is 0.800. The van der Waals surface area contributed by atoms with Gasteiger partial charge in [-0.2, -0.15) is 0 Å². The van der Waals surface area contributed by atoms with Gasteiger partial charge in [0.25, 0.3) is 0 Å². The predicted molar refractivity (Wildman–Crippen MR) is 59.4 cm³/mol. The monoisotopic (exact) mass is 296 g/mol. The van der Waals surface area contributed by atoms with Crippen LogP contribution in [0.5, 0.6) is 0 Å². The van der Waals surface area contributed by atoms with Crippen LogP contribution in [0.3, 0.4) is 0 Å². The Labute approximate surface area is 86.3 Å². The van der Waals surface area contributed by atoms with Crippen molar-refractivity contribution in [1.82, 2.24) is 0 Å². The number of hydrogen-bond donors (Lipinski definition) is 0. The highest BCUT2D eigenvalue weighted by molar-refractivity contribution is 14.1. The molecule has 1 rings (SSSR count). The molecule has 2 nitrogen and oxygen atoms in total. The Morgan fingerprint density at radius 2 is 2.00 bits per heavy atom. The second-order valence-electron chi connectivity index (χ2n) is 2.23. The van der Waals surface area contributed by atoms with Crippen molar-refractivity contribution in [2.45, 2.75) is 6.92 Å². The molecule has 0 fully saturated rings. The first-order valence-corrected chi connectivity index (χ1v) is 6.06. The molecule has 0 amide bonds. The third-order valence-corrected chi connectivity index (χ3v) is 3.43. The van der Waals surface area contributed by atoms with Crippen LogP contribution < -0.4 is 5.30 Å². The third kappa shape index (κ3) is 2.88. The summed E-state index contributed by atoms with van der Waals surface area (Å²) in [7, 11) is -1.99. The molecule has 0 saturated heterocycles. The van der Waals surface area contributed by atoms with E-state index in [0.29, 0.717) is 6.61 Å². The molecule has 0 aromatic heterocycles. The maximum atomic E-state index is 11.3. The smallest absolute Gasteiger partial charge is 0.220 e. The molecule has 0 radical (unpaired) electrons. The molecule has 12 heavy (non-hydrogen) atoms. The van der Waals surface area contributed by atoms with Crippen molar-refractivity contribution in [1.29, 1.82) is 0 Å². The minimum atomic E-state index is -1.99. The summed E-state index contributed by atoms with van der Waals surface area (Å²) in [6.07, 6.45) is 0. The Morgan fingerprint density at radius 1 is 1.42 bits per heavy atom. The summed E-state index contributed by atoms with van der Waals surface area (Å²) in [6.45, 7) is 2.35. The summed E-state index contributed by atoms with van der Waals surface area (Å²) in [5, 5.41) is 0.794. The van der Waals surface area contributed by atoms with Crippen LogP contribution in [-0.2, 0) is 9.09 Å². The van der Waals surface area contributed by atoms with Gasteiger partial charge in [-0.1, -0.05) is 0 Å². The lowest BCUT2D eigenvalue weighted by atomic mass is 10.4. The Kier molecular flexibility index (Phi) is 4.26. The van der Waals surface area contributed by atoms with Crippen LogP contribution in [0.25, 0.3) is 0 Å². The van der Waals surface area contributed by atoms with Crippen LogP contribution in [0.4, 0.5) is 0 Å². The van der Waals surface area contributed by atoms with Crippen LogP contribution in [0, 0.1) is 3.57 Å². The molecule has 1 aromatic rings. The molecule has 0 saturated carbocycles. The van der Waals surface area contributed by atoms with Gasteiger partial charge in [0.15, 0.2) is 0 Å². The molecule has 0 aliphatic carbocycles. The lowest BCUT2D eigenvalue weighted by Gasteiger charge is -2.00. The average Bonchev–Trinajstić information content (AvgIpc) is 2.06. The van der Waals surface area contributed by atoms with E-state index in [2.05, 4.69) is 22.6 Å². The van der Waals surface area contributed by atoms with Gasteiger partial charge in [0, 0.05) is 8.87 Å². The van der Waals surface area contributed by atoms with E-state index in [4.69, 9.17) is 4.52 Å². The molecule has 1 atom stereocenters. The summed E-state index contributed by atoms with van der Waals surface area (Å²) in [5.74, 6) is 0. The van der Waals surface area contributed by atoms with Crippen molar-refractivity contribution in [2.24, 2.45) is 0 Å². The fraction of sp³-hybridized carbons (Fsp3) is 0.250. The Bertz CT molecular complexity index is 271. The fourth-order valence-corrected chi connectivity index (χ4v) is 2.03. The van der Waals surface area contributed by atoms with E-state index >= 15 is 0 Å². The summed E-state index contributed by atoms with van der Waals surface area (Å²) >= 11 is 2.21. The molecular formula is C8H10IO2P. The first-order valence-electron chi connectivity index (χ1n) is 3.66. The second-order valence-corrected chi connectivity index (χ2v) is 4.91. The highest BCUT2D eigenvalue weighted by Crippen LogP contribution is 2.20. The Morgan fingerprint density at radius 3 is 2.50 bits per heavy atom. The molecule has 0 N–H and O–H groups in total. The van der Waals surface area contributed by atoms with Crippen molar-refractivity contribution >= 4 is 35.9 Å². The minimum Gasteiger partial charge on any atom is -0.328 e. The van der Waals surface area contributed by atoms with Crippen molar-refractivity contribution in [3.8, 4) is 0 Å². The average molecular weight is 296 g/mol. The van der Waals surface area contributed by atoms with Crippen molar-refractivity contribution in [2.75, 3.05) is 6.61 Å². The molecule has 66 valence electrons. The van der Waals surface area contributed by atoms with Gasteiger partial charge in [-0.05, 0) is 53.8 Å². The summed E-state index contributed by atoms with van der Waals surface area (Å²) in [4.78, 5) is 0. The van der Waals surface area contributed by atoms with Gasteiger partial charge in [-0.3, -0.25) is 4.57 Å². The largest absolute Gasteiger partial charge is 0.328 e. The van der Waals surface area contributed by atoms with E-state index in [9.17, 15) is 4.57 Å². The van der Waals surface area contributed by atoms with Crippen molar-refractivity contribution < 1.29 is 9.09 Å². The van der Waals surface area contributed by atoms with Gasteiger partial charge in [-0.25, -0.2) is 0 Å². The van der Waals surface area contributed by atoms with Gasteiger partial charge < -0.3 is 4.52 Å². The zero-order chi connectivity index (χ0) is 8.97. The molecule has 1 unspecified atom stereocenters. The van der Waals surface area contributed by atoms with Crippen LogP contribution in [0.15, 0.2) is 24.3 Å². The highest BCUT2D eigenvalue weighted by Gasteiger charge is 2.00. The lowest BCUT2D eigenvalue weighted by molar-refractivity contribution is 0.357. The normalized spacial score (nSPS) is 12.8. The molecule has 1 aromatic carbocycles. The van der Waals surface area contributed by atoms with Gasteiger partial charge in [0.1, 0.15) is 0 Å².